The van der Waals surface area contributed by atoms with Crippen molar-refractivity contribution in [3.05, 3.63) is 0 Å². The molecule has 2 heteroatoms. The van der Waals surface area contributed by atoms with Crippen molar-refractivity contribution in [2.45, 2.75) is 51.1 Å². The molecule has 86 valence electrons. The van der Waals surface area contributed by atoms with E-state index in [1.807, 2.05) is 0 Å². The van der Waals surface area contributed by atoms with Gasteiger partial charge in [-0.05, 0) is 53.6 Å². The molecular formula is C13H24N2. The smallest absolute Gasteiger partial charge is 0.0814 e. The molecule has 0 bridgehead atoms. The lowest BCUT2D eigenvalue weighted by Crippen LogP contribution is -2.53. The van der Waals surface area contributed by atoms with Crippen LogP contribution >= 0.6 is 0 Å². The van der Waals surface area contributed by atoms with Crippen molar-refractivity contribution < 1.29 is 0 Å². The van der Waals surface area contributed by atoms with Gasteiger partial charge in [0.05, 0.1) is 5.54 Å². The SMILES string of the molecule is C#CC1(NC(C)(C)C)CCCN(C)CC1. The van der Waals surface area contributed by atoms with Gasteiger partial charge in [0.25, 0.3) is 0 Å². The summed E-state index contributed by atoms with van der Waals surface area (Å²) in [7, 11) is 2.17. The lowest BCUT2D eigenvalue weighted by Gasteiger charge is -2.36. The molecule has 0 radical (unpaired) electrons. The average molecular weight is 208 g/mol. The van der Waals surface area contributed by atoms with E-state index in [0.29, 0.717) is 0 Å². The molecule has 0 saturated carbocycles. The van der Waals surface area contributed by atoms with E-state index in [1.54, 1.807) is 0 Å². The summed E-state index contributed by atoms with van der Waals surface area (Å²) in [5, 5.41) is 3.62. The van der Waals surface area contributed by atoms with E-state index < -0.39 is 0 Å². The Hall–Kier alpha value is -0.520. The van der Waals surface area contributed by atoms with Crippen LogP contribution in [0.2, 0.25) is 0 Å². The molecule has 1 aliphatic rings. The van der Waals surface area contributed by atoms with Gasteiger partial charge in [0.15, 0.2) is 0 Å². The number of terminal acetylenes is 1. The topological polar surface area (TPSA) is 15.3 Å². The third-order valence-corrected chi connectivity index (χ3v) is 2.95. The zero-order valence-electron chi connectivity index (χ0n) is 10.6. The molecule has 0 amide bonds. The summed E-state index contributed by atoms with van der Waals surface area (Å²) in [6, 6.07) is 0. The van der Waals surface area contributed by atoms with Gasteiger partial charge in [-0.15, -0.1) is 6.42 Å². The molecule has 1 unspecified atom stereocenters. The Bertz CT molecular complexity index is 246. The van der Waals surface area contributed by atoms with Crippen molar-refractivity contribution >= 4 is 0 Å². The van der Waals surface area contributed by atoms with E-state index in [1.165, 1.54) is 6.42 Å². The van der Waals surface area contributed by atoms with Gasteiger partial charge in [-0.2, -0.15) is 0 Å². The molecule has 0 aromatic rings. The summed E-state index contributed by atoms with van der Waals surface area (Å²) in [4.78, 5) is 2.36. The molecule has 1 saturated heterocycles. The summed E-state index contributed by atoms with van der Waals surface area (Å²) < 4.78 is 0. The van der Waals surface area contributed by atoms with Crippen LogP contribution in [0.1, 0.15) is 40.0 Å². The number of hydrogen-bond acceptors (Lipinski definition) is 2. The number of nitrogens with zero attached hydrogens (tertiary/aromatic N) is 1. The number of rotatable bonds is 1. The zero-order valence-corrected chi connectivity index (χ0v) is 10.6. The lowest BCUT2D eigenvalue weighted by molar-refractivity contribution is 0.270. The van der Waals surface area contributed by atoms with Gasteiger partial charge >= 0.3 is 0 Å². The molecule has 0 aromatic carbocycles. The molecule has 1 fully saturated rings. The van der Waals surface area contributed by atoms with Crippen molar-refractivity contribution in [2.75, 3.05) is 20.1 Å². The first-order valence-electron chi connectivity index (χ1n) is 5.83. The predicted octanol–water partition coefficient (Wildman–Crippen LogP) is 1.86. The van der Waals surface area contributed by atoms with E-state index >= 15 is 0 Å². The molecule has 1 atom stereocenters. The van der Waals surface area contributed by atoms with Gasteiger partial charge in [-0.1, -0.05) is 5.92 Å². The lowest BCUT2D eigenvalue weighted by atomic mass is 9.88. The molecule has 0 aromatic heterocycles. The van der Waals surface area contributed by atoms with Gasteiger partial charge < -0.3 is 4.90 Å². The van der Waals surface area contributed by atoms with E-state index in [-0.39, 0.29) is 11.1 Å². The fourth-order valence-corrected chi connectivity index (χ4v) is 2.29. The van der Waals surface area contributed by atoms with Gasteiger partial charge in [-0.25, -0.2) is 0 Å². The number of nitrogens with one attached hydrogen (secondary N) is 1. The second-order valence-corrected chi connectivity index (χ2v) is 5.76. The van der Waals surface area contributed by atoms with Crippen LogP contribution in [0.15, 0.2) is 0 Å². The first-order chi connectivity index (χ1) is 6.87. The maximum atomic E-state index is 5.73. The summed E-state index contributed by atoms with van der Waals surface area (Å²) in [6.45, 7) is 8.80. The van der Waals surface area contributed by atoms with Crippen molar-refractivity contribution in [3.63, 3.8) is 0 Å². The second kappa shape index (κ2) is 4.55. The van der Waals surface area contributed by atoms with Crippen LogP contribution in [-0.2, 0) is 0 Å². The van der Waals surface area contributed by atoms with Crippen LogP contribution in [-0.4, -0.2) is 36.1 Å². The molecule has 1 N–H and O–H groups in total. The Morgan fingerprint density at radius 2 is 1.93 bits per heavy atom. The Kier molecular flexibility index (Phi) is 3.81. The number of likely N-dealkylation sites (tertiary alicyclic amines) is 1. The van der Waals surface area contributed by atoms with Crippen LogP contribution in [0.3, 0.4) is 0 Å². The van der Waals surface area contributed by atoms with Gasteiger partial charge in [0, 0.05) is 12.1 Å². The van der Waals surface area contributed by atoms with Crippen LogP contribution in [0.4, 0.5) is 0 Å². The molecule has 1 rings (SSSR count). The highest BCUT2D eigenvalue weighted by molar-refractivity contribution is 5.15. The van der Waals surface area contributed by atoms with Crippen molar-refractivity contribution in [3.8, 4) is 12.3 Å². The van der Waals surface area contributed by atoms with Crippen molar-refractivity contribution in [1.82, 2.24) is 10.2 Å². The fraction of sp³-hybridized carbons (Fsp3) is 0.846. The Labute approximate surface area is 94.4 Å². The van der Waals surface area contributed by atoms with E-state index in [4.69, 9.17) is 6.42 Å². The summed E-state index contributed by atoms with van der Waals surface area (Å²) in [6.07, 6.45) is 9.05. The predicted molar refractivity (Wildman–Crippen MR) is 65.8 cm³/mol. The standard InChI is InChI=1S/C13H24N2/c1-6-13(14-12(2,3)4)8-7-10-15(5)11-9-13/h1,14H,7-11H2,2-5H3. The first kappa shape index (κ1) is 12.5. The fourth-order valence-electron chi connectivity index (χ4n) is 2.29. The highest BCUT2D eigenvalue weighted by atomic mass is 15.1. The van der Waals surface area contributed by atoms with Gasteiger partial charge in [-0.3, -0.25) is 5.32 Å². The molecule has 0 aliphatic carbocycles. The third kappa shape index (κ3) is 3.85. The Morgan fingerprint density at radius 1 is 1.27 bits per heavy atom. The van der Waals surface area contributed by atoms with Crippen LogP contribution in [0, 0.1) is 12.3 Å². The number of hydrogen-bond donors (Lipinski definition) is 1. The Balaban J connectivity index is 2.72. The monoisotopic (exact) mass is 208 g/mol. The van der Waals surface area contributed by atoms with Crippen molar-refractivity contribution in [2.24, 2.45) is 0 Å². The first-order valence-corrected chi connectivity index (χ1v) is 5.83. The van der Waals surface area contributed by atoms with Crippen LogP contribution in [0.5, 0.6) is 0 Å². The molecule has 0 spiro atoms. The minimum atomic E-state index is -0.0942. The normalized spacial score (nSPS) is 29.5. The molecular weight excluding hydrogens is 184 g/mol. The van der Waals surface area contributed by atoms with Crippen molar-refractivity contribution in [1.29, 1.82) is 0 Å². The minimum Gasteiger partial charge on any atom is -0.306 e. The quantitative estimate of drug-likeness (QED) is 0.662. The average Bonchev–Trinajstić information content (AvgIpc) is 2.27. The highest BCUT2D eigenvalue weighted by Gasteiger charge is 2.33. The van der Waals surface area contributed by atoms with Gasteiger partial charge in [0.1, 0.15) is 0 Å². The summed E-state index contributed by atoms with van der Waals surface area (Å²) >= 11 is 0. The third-order valence-electron chi connectivity index (χ3n) is 2.95. The zero-order chi connectivity index (χ0) is 11.5. The summed E-state index contributed by atoms with van der Waals surface area (Å²) in [5.41, 5.74) is -0.00170. The van der Waals surface area contributed by atoms with E-state index in [2.05, 4.69) is 44.0 Å². The molecule has 1 aliphatic heterocycles. The largest absolute Gasteiger partial charge is 0.306 e. The molecule has 15 heavy (non-hydrogen) atoms. The van der Waals surface area contributed by atoms with E-state index in [9.17, 15) is 0 Å². The highest BCUT2D eigenvalue weighted by Crippen LogP contribution is 2.24. The van der Waals surface area contributed by atoms with Gasteiger partial charge in [0.2, 0.25) is 0 Å². The van der Waals surface area contributed by atoms with Crippen LogP contribution in [0.25, 0.3) is 0 Å². The minimum absolute atomic E-state index is 0.0925. The second-order valence-electron chi connectivity index (χ2n) is 5.76. The van der Waals surface area contributed by atoms with E-state index in [0.717, 1.165) is 25.9 Å². The van der Waals surface area contributed by atoms with Crippen LogP contribution < -0.4 is 5.32 Å². The molecule has 1 heterocycles. The maximum Gasteiger partial charge on any atom is 0.0814 e. The molecule has 2 nitrogen and oxygen atoms in total. The summed E-state index contributed by atoms with van der Waals surface area (Å²) in [5.74, 6) is 3.00. The maximum absolute atomic E-state index is 5.73. The Morgan fingerprint density at radius 3 is 2.47 bits per heavy atom.